The van der Waals surface area contributed by atoms with Gasteiger partial charge >= 0.3 is 0 Å². The Bertz CT molecular complexity index is 842. The second-order valence-corrected chi connectivity index (χ2v) is 6.72. The molecule has 1 heterocycles. The fourth-order valence-electron chi connectivity index (χ4n) is 2.77. The summed E-state index contributed by atoms with van der Waals surface area (Å²) in [6, 6.07) is 10.6. The summed E-state index contributed by atoms with van der Waals surface area (Å²) in [7, 11) is 0. The van der Waals surface area contributed by atoms with E-state index < -0.39 is 0 Å². The van der Waals surface area contributed by atoms with Gasteiger partial charge in [0.2, 0.25) is 0 Å². The van der Waals surface area contributed by atoms with Gasteiger partial charge in [-0.2, -0.15) is 0 Å². The van der Waals surface area contributed by atoms with Crippen LogP contribution in [0.25, 0.3) is 10.2 Å². The van der Waals surface area contributed by atoms with Gasteiger partial charge in [-0.3, -0.25) is 0 Å². The Hall–Kier alpha value is -1.94. The quantitative estimate of drug-likeness (QED) is 0.742. The molecule has 1 aliphatic rings. The molecule has 1 aliphatic carbocycles. The molecular weight excluding hydrogens is 285 g/mol. The van der Waals surface area contributed by atoms with Crippen LogP contribution in [0.4, 0.5) is 4.39 Å². The van der Waals surface area contributed by atoms with Crippen LogP contribution in [-0.4, -0.2) is 10.1 Å². The van der Waals surface area contributed by atoms with E-state index in [1.54, 1.807) is 17.4 Å². The predicted octanol–water partition coefficient (Wildman–Crippen LogP) is 4.72. The molecule has 4 rings (SSSR count). The average Bonchev–Trinajstić information content (AvgIpc) is 3.15. The van der Waals surface area contributed by atoms with Crippen LogP contribution in [0.2, 0.25) is 0 Å². The Morgan fingerprint density at radius 1 is 1.19 bits per heavy atom. The number of hydrogen-bond donors (Lipinski definition) is 1. The van der Waals surface area contributed by atoms with Crippen LogP contribution in [0, 0.1) is 12.7 Å². The molecule has 0 aliphatic heterocycles. The number of phenols is 1. The second kappa shape index (κ2) is 4.53. The van der Waals surface area contributed by atoms with E-state index in [4.69, 9.17) is 0 Å². The summed E-state index contributed by atoms with van der Waals surface area (Å²) in [6.45, 7) is 1.89. The summed E-state index contributed by atoms with van der Waals surface area (Å²) >= 11 is 1.64. The van der Waals surface area contributed by atoms with Crippen molar-refractivity contribution in [3.05, 3.63) is 58.3 Å². The first-order chi connectivity index (χ1) is 10.1. The van der Waals surface area contributed by atoms with E-state index in [1.807, 2.05) is 19.1 Å². The van der Waals surface area contributed by atoms with E-state index in [0.29, 0.717) is 17.6 Å². The van der Waals surface area contributed by atoms with Crippen molar-refractivity contribution in [2.45, 2.75) is 25.2 Å². The lowest BCUT2D eigenvalue weighted by Gasteiger charge is -2.02. The molecule has 0 spiro atoms. The molecule has 3 aromatic rings. The molecule has 1 N–H and O–H groups in total. The molecule has 0 radical (unpaired) electrons. The molecule has 1 aromatic heterocycles. The highest BCUT2D eigenvalue weighted by atomic mass is 32.1. The molecule has 4 heteroatoms. The minimum absolute atomic E-state index is 0.241. The number of hydrogen-bond acceptors (Lipinski definition) is 3. The van der Waals surface area contributed by atoms with Gasteiger partial charge in [-0.1, -0.05) is 12.1 Å². The normalized spacial score (nSPS) is 20.9. The molecule has 106 valence electrons. The highest BCUT2D eigenvalue weighted by Gasteiger charge is 2.41. The van der Waals surface area contributed by atoms with Crippen LogP contribution >= 0.6 is 11.3 Å². The molecule has 21 heavy (non-hydrogen) atoms. The molecule has 2 atom stereocenters. The van der Waals surface area contributed by atoms with Gasteiger partial charge in [0.15, 0.2) is 0 Å². The fraction of sp³-hybridized carbons (Fsp3) is 0.235. The van der Waals surface area contributed by atoms with E-state index in [0.717, 1.165) is 32.8 Å². The number of rotatable bonds is 2. The van der Waals surface area contributed by atoms with Crippen LogP contribution in [0.1, 0.15) is 34.4 Å². The van der Waals surface area contributed by atoms with Crippen molar-refractivity contribution < 1.29 is 9.50 Å². The van der Waals surface area contributed by atoms with Crippen molar-refractivity contribution in [1.29, 1.82) is 0 Å². The molecular formula is C17H14FNOS. The summed E-state index contributed by atoms with van der Waals surface area (Å²) in [5.74, 6) is 0.925. The Morgan fingerprint density at radius 3 is 2.86 bits per heavy atom. The molecule has 2 aromatic carbocycles. The molecule has 0 saturated heterocycles. The van der Waals surface area contributed by atoms with Gasteiger partial charge in [-0.05, 0) is 48.6 Å². The number of thiazole rings is 1. The molecule has 1 fully saturated rings. The molecule has 2 nitrogen and oxygen atoms in total. The number of phenolic OH excluding ortho intramolecular Hbond substituents is 1. The summed E-state index contributed by atoms with van der Waals surface area (Å²) in [5, 5.41) is 10.9. The molecule has 1 saturated carbocycles. The maximum absolute atomic E-state index is 13.2. The number of aromatic hydroxyl groups is 1. The second-order valence-electron chi connectivity index (χ2n) is 5.66. The van der Waals surface area contributed by atoms with E-state index in [9.17, 15) is 9.50 Å². The zero-order valence-corrected chi connectivity index (χ0v) is 12.3. The van der Waals surface area contributed by atoms with Gasteiger partial charge in [-0.25, -0.2) is 9.37 Å². The number of benzene rings is 2. The predicted molar refractivity (Wildman–Crippen MR) is 82.5 cm³/mol. The van der Waals surface area contributed by atoms with Gasteiger partial charge in [0.05, 0.1) is 15.2 Å². The van der Waals surface area contributed by atoms with Gasteiger partial charge in [-0.15, -0.1) is 11.3 Å². The Kier molecular flexibility index (Phi) is 2.76. The smallest absolute Gasteiger partial charge is 0.125 e. The first kappa shape index (κ1) is 12.8. The monoisotopic (exact) mass is 299 g/mol. The lowest BCUT2D eigenvalue weighted by Crippen LogP contribution is -1.85. The largest absolute Gasteiger partial charge is 0.508 e. The zero-order valence-electron chi connectivity index (χ0n) is 11.5. The van der Waals surface area contributed by atoms with Crippen molar-refractivity contribution in [3.63, 3.8) is 0 Å². The van der Waals surface area contributed by atoms with Gasteiger partial charge in [0.25, 0.3) is 0 Å². The van der Waals surface area contributed by atoms with Crippen molar-refractivity contribution in [1.82, 2.24) is 4.98 Å². The van der Waals surface area contributed by atoms with E-state index in [2.05, 4.69) is 11.1 Å². The number of halogens is 1. The topological polar surface area (TPSA) is 33.1 Å². The van der Waals surface area contributed by atoms with Crippen LogP contribution in [-0.2, 0) is 0 Å². The van der Waals surface area contributed by atoms with Gasteiger partial charge < -0.3 is 5.11 Å². The van der Waals surface area contributed by atoms with E-state index >= 15 is 0 Å². The van der Waals surface area contributed by atoms with Crippen molar-refractivity contribution in [3.8, 4) is 5.75 Å². The third-order valence-corrected chi connectivity index (χ3v) is 5.30. The number of fused-ring (bicyclic) bond motifs is 1. The van der Waals surface area contributed by atoms with Crippen molar-refractivity contribution in [2.24, 2.45) is 0 Å². The number of aryl methyl sites for hydroxylation is 1. The maximum Gasteiger partial charge on any atom is 0.125 e. The number of aromatic nitrogens is 1. The lowest BCUT2D eigenvalue weighted by atomic mass is 10.1. The third kappa shape index (κ3) is 2.20. The van der Waals surface area contributed by atoms with Crippen molar-refractivity contribution in [2.75, 3.05) is 0 Å². The minimum atomic E-state index is -0.241. The SMILES string of the molecule is Cc1ccc(C2CC2c2nc3cc(F)ccc3s2)cc1O. The lowest BCUT2D eigenvalue weighted by molar-refractivity contribution is 0.470. The van der Waals surface area contributed by atoms with Crippen LogP contribution in [0.5, 0.6) is 5.75 Å². The van der Waals surface area contributed by atoms with E-state index in [-0.39, 0.29) is 5.82 Å². The summed E-state index contributed by atoms with van der Waals surface area (Å²) in [5.41, 5.74) is 2.80. The summed E-state index contributed by atoms with van der Waals surface area (Å²) in [4.78, 5) is 4.57. The highest BCUT2D eigenvalue weighted by molar-refractivity contribution is 7.18. The molecule has 2 unspecified atom stereocenters. The Morgan fingerprint density at radius 2 is 2.05 bits per heavy atom. The maximum atomic E-state index is 13.2. The first-order valence-corrected chi connectivity index (χ1v) is 7.79. The van der Waals surface area contributed by atoms with Gasteiger partial charge in [0.1, 0.15) is 11.6 Å². The highest BCUT2D eigenvalue weighted by Crippen LogP contribution is 2.56. The Labute approximate surface area is 125 Å². The average molecular weight is 299 g/mol. The van der Waals surface area contributed by atoms with E-state index in [1.165, 1.54) is 12.1 Å². The Balaban J connectivity index is 1.64. The molecule has 0 amide bonds. The van der Waals surface area contributed by atoms with Crippen molar-refractivity contribution >= 4 is 21.6 Å². The third-order valence-electron chi connectivity index (χ3n) is 4.14. The number of nitrogens with zero attached hydrogens (tertiary/aromatic N) is 1. The van der Waals surface area contributed by atoms with Crippen LogP contribution in [0.15, 0.2) is 36.4 Å². The standard InChI is InChI=1S/C17H14FNOS/c1-9-2-3-10(6-15(9)20)12-8-13(12)17-19-14-7-11(18)4-5-16(14)21-17/h2-7,12-13,20H,8H2,1H3. The van der Waals surface area contributed by atoms with Crippen LogP contribution < -0.4 is 0 Å². The summed E-state index contributed by atoms with van der Waals surface area (Å²) < 4.78 is 14.3. The van der Waals surface area contributed by atoms with Gasteiger partial charge in [0, 0.05) is 12.0 Å². The fourth-order valence-corrected chi connectivity index (χ4v) is 3.90. The van der Waals surface area contributed by atoms with Crippen LogP contribution in [0.3, 0.4) is 0 Å². The zero-order chi connectivity index (χ0) is 14.6. The minimum Gasteiger partial charge on any atom is -0.508 e. The first-order valence-electron chi connectivity index (χ1n) is 6.97. The molecule has 0 bridgehead atoms. The summed E-state index contributed by atoms with van der Waals surface area (Å²) in [6.07, 6.45) is 1.05.